The summed E-state index contributed by atoms with van der Waals surface area (Å²) in [6.07, 6.45) is 0.644. The van der Waals surface area contributed by atoms with Crippen molar-refractivity contribution >= 4 is 39.3 Å². The van der Waals surface area contributed by atoms with Gasteiger partial charge in [-0.3, -0.25) is 9.59 Å². The van der Waals surface area contributed by atoms with Gasteiger partial charge in [-0.1, -0.05) is 42.4 Å². The minimum Gasteiger partial charge on any atom is -0.481 e. The van der Waals surface area contributed by atoms with Crippen molar-refractivity contribution in [1.82, 2.24) is 4.57 Å². The van der Waals surface area contributed by atoms with Crippen LogP contribution >= 0.6 is 0 Å². The topological polar surface area (TPSA) is 91.9 Å². The van der Waals surface area contributed by atoms with E-state index in [9.17, 15) is 10.0 Å². The van der Waals surface area contributed by atoms with E-state index in [1.165, 1.54) is 0 Å². The maximum Gasteiger partial charge on any atom is 0.300 e. The zero-order valence-electron chi connectivity index (χ0n) is 19.3. The molecule has 0 aliphatic carbocycles. The Bertz CT molecular complexity index is 1360. The Balaban J connectivity index is 0.000000709. The van der Waals surface area contributed by atoms with E-state index in [4.69, 9.17) is 9.90 Å². The molecular formula is C27H28N2O4. The molecule has 0 saturated heterocycles. The third-order valence-electron chi connectivity index (χ3n) is 5.62. The van der Waals surface area contributed by atoms with Gasteiger partial charge in [0.1, 0.15) is 0 Å². The number of carboxylic acid groups (broad SMARTS) is 1. The van der Waals surface area contributed by atoms with Crippen molar-refractivity contribution in [3.8, 4) is 0 Å². The van der Waals surface area contributed by atoms with Gasteiger partial charge in [0.15, 0.2) is 5.78 Å². The van der Waals surface area contributed by atoms with Crippen molar-refractivity contribution < 1.29 is 19.9 Å². The number of aryl methyl sites for hydroxylation is 2. The Morgan fingerprint density at radius 3 is 1.97 bits per heavy atom. The number of benzene rings is 3. The van der Waals surface area contributed by atoms with E-state index in [-0.39, 0.29) is 5.78 Å². The molecule has 170 valence electrons. The molecule has 1 aromatic heterocycles. The predicted octanol–water partition coefficient (Wildman–Crippen LogP) is 6.03. The summed E-state index contributed by atoms with van der Waals surface area (Å²) in [7, 11) is 0. The first-order valence-electron chi connectivity index (χ1n) is 10.9. The Kier molecular flexibility index (Phi) is 7.28. The lowest BCUT2D eigenvalue weighted by Gasteiger charge is -2.06. The number of fused-ring (bicyclic) bond motifs is 3. The molecule has 4 rings (SSSR count). The maximum absolute atomic E-state index is 13.1. The molecule has 33 heavy (non-hydrogen) atoms. The number of hydrogen-bond acceptors (Lipinski definition) is 4. The number of aromatic nitrogens is 1. The molecule has 0 spiro atoms. The molecule has 2 N–H and O–H groups in total. The van der Waals surface area contributed by atoms with E-state index in [0.29, 0.717) is 17.7 Å². The molecule has 3 aromatic carbocycles. The van der Waals surface area contributed by atoms with Gasteiger partial charge in [0.25, 0.3) is 5.97 Å². The lowest BCUT2D eigenvalue weighted by Crippen LogP contribution is -2.03. The van der Waals surface area contributed by atoms with Crippen molar-refractivity contribution in [2.45, 2.75) is 40.7 Å². The molecule has 0 bridgehead atoms. The van der Waals surface area contributed by atoms with Crippen molar-refractivity contribution in [1.29, 1.82) is 0 Å². The van der Waals surface area contributed by atoms with Gasteiger partial charge >= 0.3 is 0 Å². The second-order valence-corrected chi connectivity index (χ2v) is 7.77. The number of aliphatic carboxylic acids is 1. The van der Waals surface area contributed by atoms with Crippen LogP contribution in [0.5, 0.6) is 0 Å². The van der Waals surface area contributed by atoms with Crippen LogP contribution in [-0.4, -0.2) is 32.3 Å². The summed E-state index contributed by atoms with van der Waals surface area (Å²) in [4.78, 5) is 22.1. The number of carboxylic acids is 1. The number of ketones is 1. The maximum atomic E-state index is 13.1. The monoisotopic (exact) mass is 444 g/mol. The highest BCUT2D eigenvalue weighted by Gasteiger charge is 2.16. The number of oxime groups is 1. The van der Waals surface area contributed by atoms with Crippen LogP contribution in [0.15, 0.2) is 65.8 Å². The van der Waals surface area contributed by atoms with Crippen molar-refractivity contribution in [3.63, 3.8) is 0 Å². The SMILES string of the molecule is CC(=O)O.CC/C(=N\O)c1ccc2c(c1)c1cc(C(=O)c3ccccc3C)ccc1n2CC. The van der Waals surface area contributed by atoms with Gasteiger partial charge in [0.2, 0.25) is 0 Å². The third kappa shape index (κ3) is 4.80. The van der Waals surface area contributed by atoms with Crippen LogP contribution in [-0.2, 0) is 11.3 Å². The summed E-state index contributed by atoms with van der Waals surface area (Å²) in [6.45, 7) is 7.96. The average Bonchev–Trinajstić information content (AvgIpc) is 3.12. The van der Waals surface area contributed by atoms with E-state index < -0.39 is 5.97 Å². The van der Waals surface area contributed by atoms with Crippen molar-refractivity contribution in [3.05, 3.63) is 82.9 Å². The van der Waals surface area contributed by atoms with Gasteiger partial charge in [0, 0.05) is 52.0 Å². The van der Waals surface area contributed by atoms with Gasteiger partial charge in [-0.25, -0.2) is 0 Å². The molecular weight excluding hydrogens is 416 g/mol. The quantitative estimate of drug-likeness (QED) is 0.170. The molecule has 0 radical (unpaired) electrons. The summed E-state index contributed by atoms with van der Waals surface area (Å²) >= 11 is 0. The molecule has 0 aliphatic rings. The Hall–Kier alpha value is -3.93. The summed E-state index contributed by atoms with van der Waals surface area (Å²) in [5.41, 5.74) is 6.14. The average molecular weight is 445 g/mol. The van der Waals surface area contributed by atoms with Crippen molar-refractivity contribution in [2.75, 3.05) is 0 Å². The van der Waals surface area contributed by atoms with Gasteiger partial charge in [-0.05, 0) is 56.2 Å². The number of rotatable bonds is 5. The summed E-state index contributed by atoms with van der Waals surface area (Å²) < 4.78 is 2.25. The highest BCUT2D eigenvalue weighted by atomic mass is 16.4. The first-order chi connectivity index (χ1) is 15.8. The standard InChI is InChI=1S/C25H24N2O2.C2H4O2/c1-4-22(26-29)17-10-12-23-20(14-17)21-15-18(11-13-24(21)27(23)5-2)25(28)19-9-7-6-8-16(19)3;1-2(3)4/h6-15,29H,4-5H2,1-3H3;1H3,(H,3,4)/b26-22+;. The molecule has 0 atom stereocenters. The van der Waals surface area contributed by atoms with E-state index in [0.717, 1.165) is 52.0 Å². The Morgan fingerprint density at radius 2 is 1.45 bits per heavy atom. The van der Waals surface area contributed by atoms with Crippen LogP contribution < -0.4 is 0 Å². The normalized spacial score (nSPS) is 11.3. The second kappa shape index (κ2) is 10.1. The van der Waals surface area contributed by atoms with Crippen molar-refractivity contribution in [2.24, 2.45) is 5.16 Å². The second-order valence-electron chi connectivity index (χ2n) is 7.77. The summed E-state index contributed by atoms with van der Waals surface area (Å²) in [5, 5.41) is 22.3. The molecule has 0 unspecified atom stereocenters. The molecule has 0 saturated carbocycles. The van der Waals surface area contributed by atoms with E-state index in [2.05, 4.69) is 28.8 Å². The number of nitrogens with zero attached hydrogens (tertiary/aromatic N) is 2. The first-order valence-corrected chi connectivity index (χ1v) is 10.9. The van der Waals surface area contributed by atoms with Crippen LogP contribution in [0.2, 0.25) is 0 Å². The number of hydrogen-bond donors (Lipinski definition) is 2. The lowest BCUT2D eigenvalue weighted by molar-refractivity contribution is -0.134. The van der Waals surface area contributed by atoms with Gasteiger partial charge in [0.05, 0.1) is 5.71 Å². The smallest absolute Gasteiger partial charge is 0.300 e. The fourth-order valence-corrected chi connectivity index (χ4v) is 4.08. The number of carbonyl (C=O) groups is 2. The third-order valence-corrected chi connectivity index (χ3v) is 5.62. The highest BCUT2D eigenvalue weighted by molar-refractivity contribution is 6.16. The number of carbonyl (C=O) groups excluding carboxylic acids is 1. The summed E-state index contributed by atoms with van der Waals surface area (Å²) in [5.74, 6) is -0.801. The molecule has 0 aliphatic heterocycles. The molecule has 0 amide bonds. The van der Waals surface area contributed by atoms with Crippen LogP contribution in [0, 0.1) is 6.92 Å². The molecule has 6 heteroatoms. The van der Waals surface area contributed by atoms with Gasteiger partial charge in [-0.2, -0.15) is 0 Å². The van der Waals surface area contributed by atoms with E-state index in [1.54, 1.807) is 0 Å². The minimum atomic E-state index is -0.833. The molecule has 6 nitrogen and oxygen atoms in total. The first kappa shape index (κ1) is 23.7. The highest BCUT2D eigenvalue weighted by Crippen LogP contribution is 2.31. The van der Waals surface area contributed by atoms with Gasteiger partial charge < -0.3 is 14.9 Å². The summed E-state index contributed by atoms with van der Waals surface area (Å²) in [6, 6.07) is 19.7. The van der Waals surface area contributed by atoms with E-state index >= 15 is 0 Å². The molecule has 0 fully saturated rings. The lowest BCUT2D eigenvalue weighted by atomic mass is 9.97. The van der Waals surface area contributed by atoms with Crippen LogP contribution in [0.25, 0.3) is 21.8 Å². The van der Waals surface area contributed by atoms with Gasteiger partial charge in [-0.15, -0.1) is 0 Å². The Labute approximate surface area is 192 Å². The minimum absolute atomic E-state index is 0.0321. The zero-order chi connectivity index (χ0) is 24.1. The largest absolute Gasteiger partial charge is 0.481 e. The fraction of sp³-hybridized carbons (Fsp3) is 0.222. The molecule has 4 aromatic rings. The fourth-order valence-electron chi connectivity index (χ4n) is 4.08. The molecule has 1 heterocycles. The van der Waals surface area contributed by atoms with Crippen LogP contribution in [0.1, 0.15) is 54.2 Å². The zero-order valence-corrected chi connectivity index (χ0v) is 19.3. The van der Waals surface area contributed by atoms with E-state index in [1.807, 2.05) is 62.4 Å². The van der Waals surface area contributed by atoms with Crippen LogP contribution in [0.3, 0.4) is 0 Å². The predicted molar refractivity (Wildman–Crippen MR) is 132 cm³/mol. The van der Waals surface area contributed by atoms with Crippen LogP contribution in [0.4, 0.5) is 0 Å². The Morgan fingerprint density at radius 1 is 0.909 bits per heavy atom.